The van der Waals surface area contributed by atoms with Crippen molar-refractivity contribution in [3.8, 4) is 0 Å². The molecule has 0 saturated carbocycles. The molecule has 0 fully saturated rings. The Morgan fingerprint density at radius 1 is 0.696 bits per heavy atom. The van der Waals surface area contributed by atoms with Gasteiger partial charge in [0.1, 0.15) is 9.79 Å². The van der Waals surface area contributed by atoms with Crippen molar-refractivity contribution in [2.75, 3.05) is 17.2 Å². The summed E-state index contributed by atoms with van der Waals surface area (Å²) in [6, 6.07) is 9.59. The molecule has 0 aromatic heterocycles. The van der Waals surface area contributed by atoms with E-state index in [2.05, 4.69) is 0 Å². The molecule has 0 aliphatic rings. The summed E-state index contributed by atoms with van der Waals surface area (Å²) in [7, 11) is -8.42. The van der Waals surface area contributed by atoms with Gasteiger partial charge in [0.2, 0.25) is 0 Å². The molecule has 0 saturated heterocycles. The smallest absolute Gasteiger partial charge is 0.296 e. The third kappa shape index (κ3) is 5.41. The van der Waals surface area contributed by atoms with Gasteiger partial charge in [-0.15, -0.1) is 0 Å². The van der Waals surface area contributed by atoms with E-state index in [4.69, 9.17) is 26.3 Å². The van der Waals surface area contributed by atoms with Crippen molar-refractivity contribution in [3.63, 3.8) is 0 Å². The lowest BCUT2D eigenvalue weighted by atomic mass is 10.3. The number of nitrogen functional groups attached to an aromatic ring is 3. The monoisotopic (exact) mass is 361 g/mol. The quantitative estimate of drug-likeness (QED) is 0.377. The Morgan fingerprint density at radius 2 is 1.17 bits per heavy atom. The van der Waals surface area contributed by atoms with Crippen molar-refractivity contribution < 1.29 is 25.9 Å². The fraction of sp³-hybridized carbons (Fsp3) is 0. The first-order valence-corrected chi connectivity index (χ1v) is 8.75. The number of hydrogen-bond donors (Lipinski definition) is 5. The number of anilines is 3. The van der Waals surface area contributed by atoms with Crippen LogP contribution < -0.4 is 17.2 Å². The fourth-order valence-electron chi connectivity index (χ4n) is 1.49. The van der Waals surface area contributed by atoms with Crippen molar-refractivity contribution in [3.05, 3.63) is 42.5 Å². The fourth-order valence-corrected chi connectivity index (χ4v) is 2.76. The summed E-state index contributed by atoms with van der Waals surface area (Å²) in [6.45, 7) is 0. The Kier molecular flexibility index (Phi) is 5.56. The highest BCUT2D eigenvalue weighted by Gasteiger charge is 2.13. The second-order valence-electron chi connectivity index (χ2n) is 4.29. The standard InChI is InChI=1S/C6H8N2O3S.C6H7NO3S/c7-4-1-2-5(8)6(3-4)12(9,10)11;7-5-3-1-2-4-6(5)11(8,9)10/h1-3H,7-8H2,(H,9,10,11);1-4H,7H2,(H,8,9,10). The minimum absolute atomic E-state index is 0.0216. The van der Waals surface area contributed by atoms with Gasteiger partial charge < -0.3 is 17.2 Å². The van der Waals surface area contributed by atoms with Gasteiger partial charge in [-0.2, -0.15) is 16.8 Å². The molecule has 0 heterocycles. The number of nitrogens with two attached hydrogens (primary N) is 3. The molecular formula is C12H15N3O6S2. The van der Waals surface area contributed by atoms with E-state index in [1.165, 1.54) is 30.3 Å². The topological polar surface area (TPSA) is 187 Å². The molecule has 11 heteroatoms. The second kappa shape index (κ2) is 6.83. The largest absolute Gasteiger partial charge is 0.399 e. The maximum atomic E-state index is 10.6. The van der Waals surface area contributed by atoms with Crippen molar-refractivity contribution in [2.24, 2.45) is 0 Å². The van der Waals surface area contributed by atoms with Crippen LogP contribution in [-0.2, 0) is 20.2 Å². The first-order chi connectivity index (χ1) is 10.4. The molecule has 23 heavy (non-hydrogen) atoms. The van der Waals surface area contributed by atoms with E-state index in [1.807, 2.05) is 0 Å². The normalized spacial score (nSPS) is 11.4. The summed E-state index contributed by atoms with van der Waals surface area (Å²) in [5.41, 5.74) is 16.1. The molecule has 8 N–H and O–H groups in total. The Labute approximate surface area is 133 Å². The lowest BCUT2D eigenvalue weighted by Crippen LogP contribution is -2.03. The first-order valence-electron chi connectivity index (χ1n) is 5.87. The van der Waals surface area contributed by atoms with Crippen LogP contribution >= 0.6 is 0 Å². The molecule has 0 radical (unpaired) electrons. The molecule has 0 atom stereocenters. The summed E-state index contributed by atoms with van der Waals surface area (Å²) in [5.74, 6) is 0. The van der Waals surface area contributed by atoms with Crippen molar-refractivity contribution in [1.82, 2.24) is 0 Å². The Bertz CT molecular complexity index is 910. The van der Waals surface area contributed by atoms with Gasteiger partial charge in [0.05, 0.1) is 11.4 Å². The molecule has 0 unspecified atom stereocenters. The van der Waals surface area contributed by atoms with E-state index in [1.54, 1.807) is 6.07 Å². The van der Waals surface area contributed by atoms with Gasteiger partial charge >= 0.3 is 0 Å². The maximum absolute atomic E-state index is 10.6. The summed E-state index contributed by atoms with van der Waals surface area (Å²) >= 11 is 0. The molecule has 126 valence electrons. The number of para-hydroxylation sites is 1. The summed E-state index contributed by atoms with van der Waals surface area (Å²) in [4.78, 5) is -0.609. The lowest BCUT2D eigenvalue weighted by molar-refractivity contribution is 0.481. The summed E-state index contributed by atoms with van der Waals surface area (Å²) in [6.07, 6.45) is 0. The molecule has 2 rings (SSSR count). The molecule has 0 spiro atoms. The predicted molar refractivity (Wildman–Crippen MR) is 85.8 cm³/mol. The van der Waals surface area contributed by atoms with Crippen LogP contribution in [0, 0.1) is 0 Å². The minimum Gasteiger partial charge on any atom is -0.399 e. The van der Waals surface area contributed by atoms with Crippen LogP contribution in [0.3, 0.4) is 0 Å². The summed E-state index contributed by atoms with van der Waals surface area (Å²) < 4.78 is 59.5. The third-order valence-corrected chi connectivity index (χ3v) is 4.35. The SMILES string of the molecule is Nc1ccc(N)c(S(=O)(=O)O)c1.Nc1ccccc1S(=O)(=O)O. The van der Waals surface area contributed by atoms with Crippen LogP contribution in [0.25, 0.3) is 0 Å². The van der Waals surface area contributed by atoms with Gasteiger partial charge in [-0.05, 0) is 30.3 Å². The molecule has 0 bridgehead atoms. The number of hydrogen-bond acceptors (Lipinski definition) is 7. The Hall–Kier alpha value is -2.34. The second-order valence-corrected chi connectivity index (χ2v) is 7.07. The highest BCUT2D eigenvalue weighted by molar-refractivity contribution is 7.86. The van der Waals surface area contributed by atoms with E-state index < -0.39 is 20.2 Å². The highest BCUT2D eigenvalue weighted by Crippen LogP contribution is 2.20. The Balaban J connectivity index is 0.000000231. The highest BCUT2D eigenvalue weighted by atomic mass is 32.2. The van der Waals surface area contributed by atoms with Crippen LogP contribution in [0.5, 0.6) is 0 Å². The van der Waals surface area contributed by atoms with Crippen molar-refractivity contribution in [2.45, 2.75) is 9.79 Å². The molecular weight excluding hydrogens is 346 g/mol. The van der Waals surface area contributed by atoms with Crippen LogP contribution in [0.1, 0.15) is 0 Å². The van der Waals surface area contributed by atoms with Gasteiger partial charge in [-0.3, -0.25) is 9.11 Å². The average molecular weight is 361 g/mol. The zero-order valence-electron chi connectivity index (χ0n) is 11.6. The first kappa shape index (κ1) is 18.7. The average Bonchev–Trinajstić information content (AvgIpc) is 2.40. The zero-order chi connectivity index (χ0) is 17.8. The van der Waals surface area contributed by atoms with Gasteiger partial charge in [0, 0.05) is 5.69 Å². The maximum Gasteiger partial charge on any atom is 0.296 e. The van der Waals surface area contributed by atoms with Gasteiger partial charge in [0.25, 0.3) is 20.2 Å². The van der Waals surface area contributed by atoms with E-state index in [-0.39, 0.29) is 26.9 Å². The molecule has 2 aromatic carbocycles. The van der Waals surface area contributed by atoms with E-state index in [0.29, 0.717) is 0 Å². The number of rotatable bonds is 2. The van der Waals surface area contributed by atoms with E-state index in [9.17, 15) is 16.8 Å². The van der Waals surface area contributed by atoms with Gasteiger partial charge in [-0.25, -0.2) is 0 Å². The van der Waals surface area contributed by atoms with Crippen LogP contribution in [0.15, 0.2) is 52.3 Å². The van der Waals surface area contributed by atoms with Crippen LogP contribution in [0.2, 0.25) is 0 Å². The molecule has 9 nitrogen and oxygen atoms in total. The van der Waals surface area contributed by atoms with Crippen LogP contribution in [-0.4, -0.2) is 25.9 Å². The van der Waals surface area contributed by atoms with Gasteiger partial charge in [0.15, 0.2) is 0 Å². The van der Waals surface area contributed by atoms with Crippen molar-refractivity contribution >= 4 is 37.3 Å². The third-order valence-electron chi connectivity index (χ3n) is 2.51. The predicted octanol–water partition coefficient (Wildman–Crippen LogP) is 0.613. The molecule has 0 amide bonds. The molecule has 2 aromatic rings. The minimum atomic E-state index is -4.26. The van der Waals surface area contributed by atoms with E-state index >= 15 is 0 Å². The zero-order valence-corrected chi connectivity index (χ0v) is 13.3. The number of benzene rings is 2. The molecule has 0 aliphatic carbocycles. The van der Waals surface area contributed by atoms with Gasteiger partial charge in [-0.1, -0.05) is 12.1 Å². The van der Waals surface area contributed by atoms with E-state index in [0.717, 1.165) is 6.07 Å². The molecule has 0 aliphatic heterocycles. The van der Waals surface area contributed by atoms with Crippen molar-refractivity contribution in [1.29, 1.82) is 0 Å². The Morgan fingerprint density at radius 3 is 1.57 bits per heavy atom. The summed E-state index contributed by atoms with van der Waals surface area (Å²) in [5, 5.41) is 0. The lowest BCUT2D eigenvalue weighted by Gasteiger charge is -2.02. The van der Waals surface area contributed by atoms with Crippen LogP contribution in [0.4, 0.5) is 17.1 Å².